The second-order valence-electron chi connectivity index (χ2n) is 6.20. The number of aryl methyl sites for hydroxylation is 2. The molecule has 0 radical (unpaired) electrons. The van der Waals surface area contributed by atoms with E-state index in [4.69, 9.17) is 16.3 Å². The number of hydrogen-bond donors (Lipinski definition) is 0. The number of methoxy groups -OCH3 is 1. The highest BCUT2D eigenvalue weighted by Crippen LogP contribution is 2.38. The van der Waals surface area contributed by atoms with E-state index in [0.29, 0.717) is 17.3 Å². The molecule has 1 amide bonds. The standard InChI is InChI=1S/C18H22ClN3O2/c1-12-16(17(19)21(2)20-12)15-5-4-10-22(15)18(23)14-8-6-13(7-9-14)11-24-3/h6-9,15H,4-5,10-11H2,1-3H3. The number of halogens is 1. The van der Waals surface area contributed by atoms with Crippen LogP contribution in [0.2, 0.25) is 5.15 Å². The fourth-order valence-corrected chi connectivity index (χ4v) is 3.71. The van der Waals surface area contributed by atoms with Crippen LogP contribution in [0.3, 0.4) is 0 Å². The van der Waals surface area contributed by atoms with Crippen LogP contribution in [0, 0.1) is 6.92 Å². The lowest BCUT2D eigenvalue weighted by molar-refractivity contribution is 0.0735. The topological polar surface area (TPSA) is 47.4 Å². The van der Waals surface area contributed by atoms with E-state index in [2.05, 4.69) is 5.10 Å². The van der Waals surface area contributed by atoms with Gasteiger partial charge in [0.25, 0.3) is 5.91 Å². The van der Waals surface area contributed by atoms with Crippen molar-refractivity contribution in [3.05, 3.63) is 51.8 Å². The second-order valence-corrected chi connectivity index (χ2v) is 6.56. The number of aromatic nitrogens is 2. The molecule has 0 aliphatic carbocycles. The number of likely N-dealkylation sites (tertiary alicyclic amines) is 1. The van der Waals surface area contributed by atoms with E-state index in [1.807, 2.05) is 43.1 Å². The van der Waals surface area contributed by atoms with Crippen LogP contribution >= 0.6 is 11.6 Å². The van der Waals surface area contributed by atoms with Crippen molar-refractivity contribution in [3.8, 4) is 0 Å². The lowest BCUT2D eigenvalue weighted by Gasteiger charge is -2.25. The smallest absolute Gasteiger partial charge is 0.254 e. The van der Waals surface area contributed by atoms with Crippen LogP contribution in [0.1, 0.15) is 46.1 Å². The minimum Gasteiger partial charge on any atom is -0.380 e. The Balaban J connectivity index is 1.86. The first-order valence-corrected chi connectivity index (χ1v) is 8.48. The van der Waals surface area contributed by atoms with Gasteiger partial charge < -0.3 is 9.64 Å². The quantitative estimate of drug-likeness (QED) is 0.850. The SMILES string of the molecule is COCc1ccc(C(=O)N2CCCC2c2c(C)nn(C)c2Cl)cc1. The summed E-state index contributed by atoms with van der Waals surface area (Å²) in [5.74, 6) is 0.0424. The van der Waals surface area contributed by atoms with E-state index in [1.54, 1.807) is 11.8 Å². The van der Waals surface area contributed by atoms with E-state index in [1.165, 1.54) is 0 Å². The highest BCUT2D eigenvalue weighted by molar-refractivity contribution is 6.30. The zero-order chi connectivity index (χ0) is 17.3. The molecule has 1 fully saturated rings. The van der Waals surface area contributed by atoms with Gasteiger partial charge in [-0.25, -0.2) is 0 Å². The average Bonchev–Trinajstić information content (AvgIpc) is 3.13. The first-order valence-electron chi connectivity index (χ1n) is 8.10. The van der Waals surface area contributed by atoms with Crippen molar-refractivity contribution in [2.24, 2.45) is 7.05 Å². The Morgan fingerprint density at radius 1 is 1.38 bits per heavy atom. The predicted molar refractivity (Wildman–Crippen MR) is 93.1 cm³/mol. The number of hydrogen-bond acceptors (Lipinski definition) is 3. The molecule has 1 atom stereocenters. The Bertz CT molecular complexity index is 739. The molecule has 1 aliphatic rings. The van der Waals surface area contributed by atoms with Gasteiger partial charge in [-0.1, -0.05) is 23.7 Å². The first kappa shape index (κ1) is 17.0. The number of ether oxygens (including phenoxy) is 1. The lowest BCUT2D eigenvalue weighted by Crippen LogP contribution is -2.30. The van der Waals surface area contributed by atoms with Crippen molar-refractivity contribution in [3.63, 3.8) is 0 Å². The van der Waals surface area contributed by atoms with Gasteiger partial charge in [0.1, 0.15) is 5.15 Å². The molecular weight excluding hydrogens is 326 g/mol. The zero-order valence-corrected chi connectivity index (χ0v) is 15.0. The maximum atomic E-state index is 13.0. The van der Waals surface area contributed by atoms with Crippen LogP contribution in [0.25, 0.3) is 0 Å². The largest absolute Gasteiger partial charge is 0.380 e. The summed E-state index contributed by atoms with van der Waals surface area (Å²) < 4.78 is 6.79. The van der Waals surface area contributed by atoms with Gasteiger partial charge in [0, 0.05) is 31.8 Å². The number of amides is 1. The molecule has 24 heavy (non-hydrogen) atoms. The van der Waals surface area contributed by atoms with E-state index in [0.717, 1.165) is 36.2 Å². The third-order valence-electron chi connectivity index (χ3n) is 4.55. The van der Waals surface area contributed by atoms with Crippen molar-refractivity contribution in [2.45, 2.75) is 32.4 Å². The van der Waals surface area contributed by atoms with Crippen molar-refractivity contribution in [2.75, 3.05) is 13.7 Å². The summed E-state index contributed by atoms with van der Waals surface area (Å²) >= 11 is 6.41. The number of rotatable bonds is 4. The molecule has 2 aromatic rings. The van der Waals surface area contributed by atoms with Gasteiger partial charge in [0.2, 0.25) is 0 Å². The van der Waals surface area contributed by atoms with E-state index < -0.39 is 0 Å². The molecule has 2 heterocycles. The number of benzene rings is 1. The summed E-state index contributed by atoms with van der Waals surface area (Å²) in [6, 6.07) is 7.60. The number of nitrogens with zero attached hydrogens (tertiary/aromatic N) is 3. The third kappa shape index (κ3) is 3.06. The molecule has 0 bridgehead atoms. The van der Waals surface area contributed by atoms with Crippen molar-refractivity contribution < 1.29 is 9.53 Å². The first-order chi connectivity index (χ1) is 11.5. The molecule has 0 spiro atoms. The summed E-state index contributed by atoms with van der Waals surface area (Å²) in [4.78, 5) is 14.9. The van der Waals surface area contributed by atoms with Gasteiger partial charge in [-0.15, -0.1) is 0 Å². The summed E-state index contributed by atoms with van der Waals surface area (Å²) in [7, 11) is 3.49. The van der Waals surface area contributed by atoms with Crippen LogP contribution < -0.4 is 0 Å². The Morgan fingerprint density at radius 2 is 2.08 bits per heavy atom. The van der Waals surface area contributed by atoms with E-state index >= 15 is 0 Å². The lowest BCUT2D eigenvalue weighted by atomic mass is 10.0. The van der Waals surface area contributed by atoms with Crippen LogP contribution in [-0.4, -0.2) is 34.2 Å². The number of carbonyl (C=O) groups excluding carboxylic acids is 1. The Morgan fingerprint density at radius 3 is 2.67 bits per heavy atom. The fraction of sp³-hybridized carbons (Fsp3) is 0.444. The molecular formula is C18H22ClN3O2. The summed E-state index contributed by atoms with van der Waals surface area (Å²) in [5, 5.41) is 5.00. The average molecular weight is 348 g/mol. The van der Waals surface area contributed by atoms with Gasteiger partial charge in [-0.2, -0.15) is 5.10 Å². The van der Waals surface area contributed by atoms with Crippen LogP contribution in [0.4, 0.5) is 0 Å². The van der Waals surface area contributed by atoms with Gasteiger partial charge in [0.15, 0.2) is 0 Å². The maximum absolute atomic E-state index is 13.0. The van der Waals surface area contributed by atoms with E-state index in [-0.39, 0.29) is 11.9 Å². The summed E-state index contributed by atoms with van der Waals surface area (Å²) in [5.41, 5.74) is 3.61. The molecule has 0 N–H and O–H groups in total. The minimum atomic E-state index is -0.00245. The van der Waals surface area contributed by atoms with Gasteiger partial charge in [-0.05, 0) is 37.5 Å². The Labute approximate surface area is 147 Å². The van der Waals surface area contributed by atoms with E-state index in [9.17, 15) is 4.79 Å². The Kier molecular flexibility index (Phi) is 4.92. The van der Waals surface area contributed by atoms with Gasteiger partial charge >= 0.3 is 0 Å². The maximum Gasteiger partial charge on any atom is 0.254 e. The molecule has 128 valence electrons. The van der Waals surface area contributed by atoms with Crippen LogP contribution in [0.15, 0.2) is 24.3 Å². The molecule has 0 saturated carbocycles. The summed E-state index contributed by atoms with van der Waals surface area (Å²) in [6.45, 7) is 3.24. The molecule has 1 aliphatic heterocycles. The normalized spacial score (nSPS) is 17.5. The minimum absolute atomic E-state index is 0.00245. The van der Waals surface area contributed by atoms with Gasteiger partial charge in [-0.3, -0.25) is 9.48 Å². The molecule has 1 aromatic carbocycles. The zero-order valence-electron chi connectivity index (χ0n) is 14.3. The van der Waals surface area contributed by atoms with Crippen LogP contribution in [-0.2, 0) is 18.4 Å². The highest BCUT2D eigenvalue weighted by atomic mass is 35.5. The molecule has 6 heteroatoms. The molecule has 1 aromatic heterocycles. The fourth-order valence-electron chi connectivity index (χ4n) is 3.41. The second kappa shape index (κ2) is 6.95. The van der Waals surface area contributed by atoms with Crippen molar-refractivity contribution in [1.29, 1.82) is 0 Å². The molecule has 3 rings (SSSR count). The number of carbonyl (C=O) groups is 1. The summed E-state index contributed by atoms with van der Waals surface area (Å²) in [6.07, 6.45) is 1.89. The molecule has 1 saturated heterocycles. The monoisotopic (exact) mass is 347 g/mol. The van der Waals surface area contributed by atoms with Gasteiger partial charge in [0.05, 0.1) is 18.3 Å². The predicted octanol–water partition coefficient (Wildman–Crippen LogP) is 3.51. The highest BCUT2D eigenvalue weighted by Gasteiger charge is 2.34. The van der Waals surface area contributed by atoms with Crippen molar-refractivity contribution >= 4 is 17.5 Å². The third-order valence-corrected chi connectivity index (χ3v) is 5.00. The van der Waals surface area contributed by atoms with Crippen LogP contribution in [0.5, 0.6) is 0 Å². The molecule has 1 unspecified atom stereocenters. The molecule has 5 nitrogen and oxygen atoms in total. The Hall–Kier alpha value is -1.85. The van der Waals surface area contributed by atoms with Crippen molar-refractivity contribution in [1.82, 2.24) is 14.7 Å².